The van der Waals surface area contributed by atoms with E-state index in [1.807, 2.05) is 13.0 Å². The normalized spacial score (nSPS) is 16.9. The summed E-state index contributed by atoms with van der Waals surface area (Å²) in [7, 11) is 0. The van der Waals surface area contributed by atoms with Crippen LogP contribution in [0.3, 0.4) is 0 Å². The molecule has 0 bridgehead atoms. The molecule has 1 atom stereocenters. The van der Waals surface area contributed by atoms with Gasteiger partial charge < -0.3 is 5.32 Å². The largest absolute Gasteiger partial charge is 0.324 e. The summed E-state index contributed by atoms with van der Waals surface area (Å²) in [5.41, 5.74) is 1.50. The molecule has 1 unspecified atom stereocenters. The first-order valence-corrected chi connectivity index (χ1v) is 7.12. The van der Waals surface area contributed by atoms with Gasteiger partial charge in [-0.05, 0) is 31.5 Å². The quantitative estimate of drug-likeness (QED) is 0.886. The maximum atomic E-state index is 12.5. The number of anilines is 2. The minimum Gasteiger partial charge on any atom is -0.324 e. The highest BCUT2D eigenvalue weighted by Gasteiger charge is 2.32. The number of rotatable bonds is 2. The van der Waals surface area contributed by atoms with Gasteiger partial charge in [0.1, 0.15) is 11.9 Å². The van der Waals surface area contributed by atoms with Crippen LogP contribution in [0, 0.1) is 13.8 Å². The number of amides is 2. The maximum Gasteiger partial charge on any atom is 0.249 e. The monoisotopic (exact) mass is 319 g/mol. The zero-order valence-corrected chi connectivity index (χ0v) is 12.8. The van der Waals surface area contributed by atoms with Crippen molar-refractivity contribution >= 4 is 35.1 Å². The molecule has 0 saturated heterocycles. The van der Waals surface area contributed by atoms with E-state index in [4.69, 9.17) is 11.6 Å². The molecule has 2 heterocycles. The lowest BCUT2D eigenvalue weighted by atomic mass is 10.1. The van der Waals surface area contributed by atoms with E-state index in [0.717, 1.165) is 5.56 Å². The van der Waals surface area contributed by atoms with Crippen LogP contribution in [0.1, 0.15) is 23.9 Å². The van der Waals surface area contributed by atoms with Crippen molar-refractivity contribution in [3.8, 4) is 0 Å². The van der Waals surface area contributed by atoms with Crippen molar-refractivity contribution < 1.29 is 9.59 Å². The van der Waals surface area contributed by atoms with Crippen LogP contribution in [0.2, 0.25) is 5.02 Å². The molecule has 0 spiro atoms. The summed E-state index contributed by atoms with van der Waals surface area (Å²) in [5, 5.41) is 10.1. The fourth-order valence-electron chi connectivity index (χ4n) is 2.27. The second-order valence-electron chi connectivity index (χ2n) is 5.15. The van der Waals surface area contributed by atoms with Gasteiger partial charge in [-0.15, -0.1) is 0 Å². The third-order valence-corrected chi connectivity index (χ3v) is 3.81. The number of aryl methyl sites for hydroxylation is 2. The number of fused-ring (bicyclic) bond motifs is 1. The molecule has 2 aromatic rings. The highest BCUT2D eigenvalue weighted by molar-refractivity contribution is 6.31. The van der Waals surface area contributed by atoms with Crippen molar-refractivity contribution in [1.82, 2.24) is 14.8 Å². The Balaban J connectivity index is 1.85. The Morgan fingerprint density at radius 1 is 1.45 bits per heavy atom. The fraction of sp³-hybridized carbons (Fsp3) is 0.286. The molecule has 1 aliphatic rings. The fourth-order valence-corrected chi connectivity index (χ4v) is 2.45. The lowest BCUT2D eigenvalue weighted by molar-refractivity contribution is -0.125. The maximum absolute atomic E-state index is 12.5. The number of carbonyl (C=O) groups is 2. The topological polar surface area (TPSA) is 88.9 Å². The minimum absolute atomic E-state index is 0.0151. The molecule has 1 aromatic heterocycles. The Hall–Kier alpha value is -2.41. The second kappa shape index (κ2) is 5.42. The van der Waals surface area contributed by atoms with Gasteiger partial charge in [-0.3, -0.25) is 14.9 Å². The van der Waals surface area contributed by atoms with E-state index < -0.39 is 6.04 Å². The van der Waals surface area contributed by atoms with E-state index in [2.05, 4.69) is 20.7 Å². The average Bonchev–Trinajstić information content (AvgIpc) is 2.82. The van der Waals surface area contributed by atoms with E-state index in [0.29, 0.717) is 16.5 Å². The van der Waals surface area contributed by atoms with Crippen molar-refractivity contribution in [3.63, 3.8) is 0 Å². The number of hydrogen-bond donors (Lipinski definition) is 2. The van der Waals surface area contributed by atoms with Gasteiger partial charge in [0.25, 0.3) is 0 Å². The molecule has 1 aliphatic heterocycles. The van der Waals surface area contributed by atoms with Gasteiger partial charge in [-0.25, -0.2) is 4.68 Å². The number of benzene rings is 1. The summed E-state index contributed by atoms with van der Waals surface area (Å²) in [6.07, 6.45) is 0.0151. The average molecular weight is 320 g/mol. The van der Waals surface area contributed by atoms with E-state index in [1.165, 1.54) is 4.68 Å². The van der Waals surface area contributed by atoms with Gasteiger partial charge in [-0.2, -0.15) is 10.1 Å². The van der Waals surface area contributed by atoms with Crippen LogP contribution < -0.4 is 10.6 Å². The lowest BCUT2D eigenvalue weighted by Gasteiger charge is -2.22. The van der Waals surface area contributed by atoms with Gasteiger partial charge in [0, 0.05) is 10.7 Å². The molecular weight excluding hydrogens is 306 g/mol. The number of nitrogens with one attached hydrogen (secondary N) is 2. The van der Waals surface area contributed by atoms with Gasteiger partial charge in [0.15, 0.2) is 0 Å². The Morgan fingerprint density at radius 2 is 2.23 bits per heavy atom. The van der Waals surface area contributed by atoms with E-state index >= 15 is 0 Å². The Kier molecular flexibility index (Phi) is 3.58. The summed E-state index contributed by atoms with van der Waals surface area (Å²) < 4.78 is 1.43. The van der Waals surface area contributed by atoms with Crippen molar-refractivity contribution in [2.45, 2.75) is 26.3 Å². The lowest BCUT2D eigenvalue weighted by Crippen LogP contribution is -2.36. The smallest absolute Gasteiger partial charge is 0.249 e. The van der Waals surface area contributed by atoms with Crippen LogP contribution in [0.5, 0.6) is 0 Å². The molecule has 0 aliphatic carbocycles. The third kappa shape index (κ3) is 2.67. The molecule has 2 amide bonds. The van der Waals surface area contributed by atoms with Crippen LogP contribution in [0.15, 0.2) is 18.2 Å². The Labute approximate surface area is 131 Å². The van der Waals surface area contributed by atoms with Crippen LogP contribution in [0.25, 0.3) is 0 Å². The van der Waals surface area contributed by atoms with Crippen LogP contribution in [-0.4, -0.2) is 26.6 Å². The van der Waals surface area contributed by atoms with Gasteiger partial charge >= 0.3 is 0 Å². The standard InChI is InChI=1S/C14H14ClN5O2/c1-7-3-4-9(5-10(7)15)17-13(22)11-6-12(21)18-14-16-8(2)19-20(11)14/h3-5,11H,6H2,1-2H3,(H,17,22)(H,16,18,19,21). The van der Waals surface area contributed by atoms with Crippen LogP contribution in [0.4, 0.5) is 11.6 Å². The summed E-state index contributed by atoms with van der Waals surface area (Å²) in [6.45, 7) is 3.58. The molecule has 1 aromatic carbocycles. The van der Waals surface area contributed by atoms with E-state index in [1.54, 1.807) is 19.1 Å². The first-order chi connectivity index (χ1) is 10.4. The number of carbonyl (C=O) groups excluding carboxylic acids is 2. The van der Waals surface area contributed by atoms with Crippen molar-refractivity contribution in [3.05, 3.63) is 34.6 Å². The second-order valence-corrected chi connectivity index (χ2v) is 5.56. The molecule has 7 nitrogen and oxygen atoms in total. The SMILES string of the molecule is Cc1nc2n(n1)C(C(=O)Nc1ccc(C)c(Cl)c1)CC(=O)N2. The number of nitrogens with zero attached hydrogens (tertiary/aromatic N) is 3. The zero-order chi connectivity index (χ0) is 15.9. The minimum atomic E-state index is -0.731. The number of aromatic nitrogens is 3. The summed E-state index contributed by atoms with van der Waals surface area (Å²) >= 11 is 6.05. The molecule has 8 heteroatoms. The molecule has 3 rings (SSSR count). The first-order valence-electron chi connectivity index (χ1n) is 6.74. The van der Waals surface area contributed by atoms with E-state index in [-0.39, 0.29) is 24.2 Å². The predicted molar refractivity (Wildman–Crippen MR) is 81.9 cm³/mol. The van der Waals surface area contributed by atoms with Crippen LogP contribution >= 0.6 is 11.6 Å². The Morgan fingerprint density at radius 3 is 2.95 bits per heavy atom. The van der Waals surface area contributed by atoms with Crippen molar-refractivity contribution in [2.24, 2.45) is 0 Å². The summed E-state index contributed by atoms with van der Waals surface area (Å²) in [5.74, 6) is 0.187. The molecule has 0 fully saturated rings. The van der Waals surface area contributed by atoms with Gasteiger partial charge in [0.05, 0.1) is 6.42 Å². The summed E-state index contributed by atoms with van der Waals surface area (Å²) in [4.78, 5) is 28.3. The zero-order valence-electron chi connectivity index (χ0n) is 12.1. The van der Waals surface area contributed by atoms with Crippen molar-refractivity contribution in [2.75, 3.05) is 10.6 Å². The highest BCUT2D eigenvalue weighted by atomic mass is 35.5. The summed E-state index contributed by atoms with van der Waals surface area (Å²) in [6, 6.07) is 4.52. The predicted octanol–water partition coefficient (Wildman–Crippen LogP) is 2.07. The molecule has 2 N–H and O–H groups in total. The first kappa shape index (κ1) is 14.5. The number of hydrogen-bond acceptors (Lipinski definition) is 4. The van der Waals surface area contributed by atoms with Crippen molar-refractivity contribution in [1.29, 1.82) is 0 Å². The molecule has 22 heavy (non-hydrogen) atoms. The van der Waals surface area contributed by atoms with Gasteiger partial charge in [-0.1, -0.05) is 17.7 Å². The molecule has 0 radical (unpaired) electrons. The molecule has 114 valence electrons. The highest BCUT2D eigenvalue weighted by Crippen LogP contribution is 2.25. The van der Waals surface area contributed by atoms with Gasteiger partial charge in [0.2, 0.25) is 17.8 Å². The van der Waals surface area contributed by atoms with E-state index in [9.17, 15) is 9.59 Å². The number of halogens is 1. The molecular formula is C14H14ClN5O2. The Bertz CT molecular complexity index is 771. The molecule has 0 saturated carbocycles. The third-order valence-electron chi connectivity index (χ3n) is 3.40. The van der Waals surface area contributed by atoms with Crippen LogP contribution in [-0.2, 0) is 9.59 Å².